The Morgan fingerprint density at radius 2 is 2.17 bits per heavy atom. The molecule has 3 nitrogen and oxygen atoms in total. The first-order chi connectivity index (χ1) is 8.50. The van der Waals surface area contributed by atoms with Crippen LogP contribution in [0.5, 0.6) is 5.75 Å². The van der Waals surface area contributed by atoms with Crippen LogP contribution >= 0.6 is 0 Å². The summed E-state index contributed by atoms with van der Waals surface area (Å²) in [5.74, 6) is -1.54. The number of benzene rings is 1. The highest BCUT2D eigenvalue weighted by Gasteiger charge is 2.07. The molecule has 0 bridgehead atoms. The fourth-order valence-corrected chi connectivity index (χ4v) is 1.26. The number of hydrogen-bond donors (Lipinski definition) is 1. The standard InChI is InChI=1S/C14H15FO3/c1-10(2)8-9-18-14-11(6-7-13(16)17)4-3-5-12(14)15/h3-8H,9H2,1-2H3,(H,16,17)/b7-6+. The summed E-state index contributed by atoms with van der Waals surface area (Å²) >= 11 is 0. The van der Waals surface area contributed by atoms with Gasteiger partial charge in [-0.15, -0.1) is 0 Å². The third-order valence-electron chi connectivity index (χ3n) is 2.12. The molecule has 4 heteroatoms. The summed E-state index contributed by atoms with van der Waals surface area (Å²) in [6.07, 6.45) is 4.07. The van der Waals surface area contributed by atoms with Gasteiger partial charge in [0.1, 0.15) is 6.61 Å². The van der Waals surface area contributed by atoms with E-state index in [1.165, 1.54) is 18.2 Å². The molecule has 0 fully saturated rings. The Balaban J connectivity index is 2.93. The van der Waals surface area contributed by atoms with E-state index >= 15 is 0 Å². The van der Waals surface area contributed by atoms with Gasteiger partial charge in [0.15, 0.2) is 11.6 Å². The predicted octanol–water partition coefficient (Wildman–Crippen LogP) is 3.27. The number of carboxylic acids is 1. The average Bonchev–Trinajstić information content (AvgIpc) is 2.28. The van der Waals surface area contributed by atoms with E-state index in [0.717, 1.165) is 11.6 Å². The van der Waals surface area contributed by atoms with E-state index in [9.17, 15) is 9.18 Å². The fourth-order valence-electron chi connectivity index (χ4n) is 1.26. The highest BCUT2D eigenvalue weighted by molar-refractivity contribution is 5.85. The number of rotatable bonds is 5. The van der Waals surface area contributed by atoms with Gasteiger partial charge in [-0.1, -0.05) is 17.7 Å². The summed E-state index contributed by atoms with van der Waals surface area (Å²) in [6.45, 7) is 4.07. The lowest BCUT2D eigenvalue weighted by Gasteiger charge is -2.08. The predicted molar refractivity (Wildman–Crippen MR) is 68.0 cm³/mol. The number of aliphatic carboxylic acids is 1. The molecule has 0 atom stereocenters. The Morgan fingerprint density at radius 3 is 2.78 bits per heavy atom. The van der Waals surface area contributed by atoms with Gasteiger partial charge < -0.3 is 9.84 Å². The maximum atomic E-state index is 13.6. The Labute approximate surface area is 105 Å². The molecule has 1 N–H and O–H groups in total. The van der Waals surface area contributed by atoms with Crippen LogP contribution in [-0.4, -0.2) is 17.7 Å². The second-order valence-corrected chi connectivity index (χ2v) is 3.92. The SMILES string of the molecule is CC(C)=CCOc1c(F)cccc1/C=C/C(=O)O. The number of hydrogen-bond acceptors (Lipinski definition) is 2. The van der Waals surface area contributed by atoms with E-state index in [1.807, 2.05) is 19.9 Å². The number of carbonyl (C=O) groups is 1. The molecule has 1 aromatic carbocycles. The van der Waals surface area contributed by atoms with E-state index in [0.29, 0.717) is 5.56 Å². The van der Waals surface area contributed by atoms with Crippen LogP contribution in [0.4, 0.5) is 4.39 Å². The number of halogens is 1. The quantitative estimate of drug-likeness (QED) is 0.644. The van der Waals surface area contributed by atoms with Crippen LogP contribution in [0.1, 0.15) is 19.4 Å². The number of carboxylic acid groups (broad SMARTS) is 1. The van der Waals surface area contributed by atoms with Crippen molar-refractivity contribution in [1.29, 1.82) is 0 Å². The lowest BCUT2D eigenvalue weighted by Crippen LogP contribution is -1.99. The molecule has 0 radical (unpaired) electrons. The Morgan fingerprint density at radius 1 is 1.44 bits per heavy atom. The molecule has 0 aromatic heterocycles. The summed E-state index contributed by atoms with van der Waals surface area (Å²) in [5, 5.41) is 8.55. The van der Waals surface area contributed by atoms with Crippen molar-refractivity contribution in [3.8, 4) is 5.75 Å². The van der Waals surface area contributed by atoms with Gasteiger partial charge in [0.25, 0.3) is 0 Å². The molecular weight excluding hydrogens is 235 g/mol. The average molecular weight is 250 g/mol. The first-order valence-corrected chi connectivity index (χ1v) is 5.46. The highest BCUT2D eigenvalue weighted by Crippen LogP contribution is 2.24. The molecule has 0 unspecified atom stereocenters. The van der Waals surface area contributed by atoms with Crippen LogP contribution in [0.3, 0.4) is 0 Å². The lowest BCUT2D eigenvalue weighted by atomic mass is 10.2. The minimum absolute atomic E-state index is 0.0625. The molecule has 0 saturated heterocycles. The molecule has 96 valence electrons. The molecule has 0 aliphatic rings. The summed E-state index contributed by atoms with van der Waals surface area (Å²) < 4.78 is 18.9. The normalized spacial score (nSPS) is 10.4. The van der Waals surface area contributed by atoms with Crippen LogP contribution in [0.25, 0.3) is 6.08 Å². The molecule has 0 aliphatic heterocycles. The van der Waals surface area contributed by atoms with Crippen molar-refractivity contribution >= 4 is 12.0 Å². The summed E-state index contributed by atoms with van der Waals surface area (Å²) in [5.41, 5.74) is 1.47. The van der Waals surface area contributed by atoms with E-state index in [-0.39, 0.29) is 12.4 Å². The molecular formula is C14H15FO3. The van der Waals surface area contributed by atoms with Gasteiger partial charge in [0, 0.05) is 11.6 Å². The number of allylic oxidation sites excluding steroid dienone is 1. The zero-order chi connectivity index (χ0) is 13.5. The second kappa shape index (κ2) is 6.59. The minimum Gasteiger partial charge on any atom is -0.486 e. The second-order valence-electron chi connectivity index (χ2n) is 3.92. The highest BCUT2D eigenvalue weighted by atomic mass is 19.1. The van der Waals surface area contributed by atoms with Gasteiger partial charge in [-0.25, -0.2) is 9.18 Å². The maximum absolute atomic E-state index is 13.6. The third kappa shape index (κ3) is 4.41. The lowest BCUT2D eigenvalue weighted by molar-refractivity contribution is -0.131. The number of ether oxygens (including phenoxy) is 1. The van der Waals surface area contributed by atoms with E-state index in [4.69, 9.17) is 9.84 Å². The topological polar surface area (TPSA) is 46.5 Å². The van der Waals surface area contributed by atoms with Crippen LogP contribution in [-0.2, 0) is 4.79 Å². The Hall–Kier alpha value is -2.10. The van der Waals surface area contributed by atoms with Crippen molar-refractivity contribution in [2.24, 2.45) is 0 Å². The van der Waals surface area contributed by atoms with Gasteiger partial charge in [0.2, 0.25) is 0 Å². The van der Waals surface area contributed by atoms with Crippen molar-refractivity contribution in [2.45, 2.75) is 13.8 Å². The molecule has 0 saturated carbocycles. The van der Waals surface area contributed by atoms with Crippen LogP contribution in [0, 0.1) is 5.82 Å². The minimum atomic E-state index is -1.09. The summed E-state index contributed by atoms with van der Waals surface area (Å²) in [6, 6.07) is 4.38. The molecule has 0 spiro atoms. The van der Waals surface area contributed by atoms with Crippen LogP contribution in [0.15, 0.2) is 35.9 Å². The largest absolute Gasteiger partial charge is 0.486 e. The molecule has 0 heterocycles. The zero-order valence-corrected chi connectivity index (χ0v) is 10.3. The van der Waals surface area contributed by atoms with Gasteiger partial charge in [-0.2, -0.15) is 0 Å². The van der Waals surface area contributed by atoms with Crippen molar-refractivity contribution in [3.05, 3.63) is 47.3 Å². The smallest absolute Gasteiger partial charge is 0.328 e. The van der Waals surface area contributed by atoms with Crippen LogP contribution in [0.2, 0.25) is 0 Å². The van der Waals surface area contributed by atoms with Gasteiger partial charge in [0.05, 0.1) is 0 Å². The maximum Gasteiger partial charge on any atom is 0.328 e. The van der Waals surface area contributed by atoms with Crippen molar-refractivity contribution in [1.82, 2.24) is 0 Å². The fraction of sp³-hybridized carbons (Fsp3) is 0.214. The van der Waals surface area contributed by atoms with E-state index < -0.39 is 11.8 Å². The molecule has 18 heavy (non-hydrogen) atoms. The monoisotopic (exact) mass is 250 g/mol. The first kappa shape index (κ1) is 14.0. The molecule has 1 rings (SSSR count). The third-order valence-corrected chi connectivity index (χ3v) is 2.12. The van der Waals surface area contributed by atoms with Crippen molar-refractivity contribution < 1.29 is 19.0 Å². The Kier molecular flexibility index (Phi) is 5.11. The Bertz CT molecular complexity index is 486. The summed E-state index contributed by atoms with van der Waals surface area (Å²) in [7, 11) is 0. The van der Waals surface area contributed by atoms with Gasteiger partial charge >= 0.3 is 5.97 Å². The molecule has 1 aromatic rings. The van der Waals surface area contributed by atoms with E-state index in [2.05, 4.69) is 0 Å². The van der Waals surface area contributed by atoms with Crippen LogP contribution < -0.4 is 4.74 Å². The summed E-state index contributed by atoms with van der Waals surface area (Å²) in [4.78, 5) is 10.4. The van der Waals surface area contributed by atoms with Gasteiger partial charge in [-0.05, 0) is 32.1 Å². The molecule has 0 aliphatic carbocycles. The van der Waals surface area contributed by atoms with Gasteiger partial charge in [-0.3, -0.25) is 0 Å². The zero-order valence-electron chi connectivity index (χ0n) is 10.3. The van der Waals surface area contributed by atoms with Crippen molar-refractivity contribution in [3.63, 3.8) is 0 Å². The van der Waals surface area contributed by atoms with E-state index in [1.54, 1.807) is 6.07 Å². The van der Waals surface area contributed by atoms with Crippen molar-refractivity contribution in [2.75, 3.05) is 6.61 Å². The number of para-hydroxylation sites is 1. The first-order valence-electron chi connectivity index (χ1n) is 5.46. The molecule has 0 amide bonds.